The molecule has 0 amide bonds. The number of rotatable bonds is 2. The van der Waals surface area contributed by atoms with Crippen LogP contribution in [0.2, 0.25) is 0 Å². The van der Waals surface area contributed by atoms with E-state index in [0.717, 1.165) is 37.0 Å². The molecular weight excluding hydrogens is 286 g/mol. The second-order valence-electron chi connectivity index (χ2n) is 6.71. The fourth-order valence-electron chi connectivity index (χ4n) is 4.26. The lowest BCUT2D eigenvalue weighted by molar-refractivity contribution is -0.116. The highest BCUT2D eigenvalue weighted by Gasteiger charge is 2.36. The van der Waals surface area contributed by atoms with Crippen molar-refractivity contribution in [3.05, 3.63) is 52.4 Å². The van der Waals surface area contributed by atoms with E-state index in [4.69, 9.17) is 4.74 Å². The van der Waals surface area contributed by atoms with Crippen LogP contribution in [-0.4, -0.2) is 12.9 Å². The maximum Gasteiger partial charge on any atom is 0.161 e. The quantitative estimate of drug-likeness (QED) is 0.889. The molecule has 0 bridgehead atoms. The Bertz CT molecular complexity index is 714. The molecule has 3 heteroatoms. The SMILES string of the molecule is COc1cccc(C2C3=C(CCCC3)NC3=C2C(=O)CCC3)c1. The molecule has 1 N–H and O–H groups in total. The molecule has 0 fully saturated rings. The Morgan fingerprint density at radius 3 is 2.74 bits per heavy atom. The molecule has 3 aliphatic rings. The van der Waals surface area contributed by atoms with Gasteiger partial charge >= 0.3 is 0 Å². The molecule has 3 nitrogen and oxygen atoms in total. The zero-order valence-electron chi connectivity index (χ0n) is 13.7. The summed E-state index contributed by atoms with van der Waals surface area (Å²) in [4.78, 5) is 12.7. The number of Topliss-reactive ketones (excluding diaryl/α,β-unsaturated/α-hetero) is 1. The molecule has 0 aromatic heterocycles. The Morgan fingerprint density at radius 2 is 1.87 bits per heavy atom. The van der Waals surface area contributed by atoms with E-state index in [2.05, 4.69) is 17.4 Å². The molecule has 1 heterocycles. The summed E-state index contributed by atoms with van der Waals surface area (Å²) in [5, 5.41) is 3.62. The average Bonchev–Trinajstić information content (AvgIpc) is 2.60. The highest BCUT2D eigenvalue weighted by Crippen LogP contribution is 2.46. The van der Waals surface area contributed by atoms with Crippen LogP contribution in [0.15, 0.2) is 46.8 Å². The number of benzene rings is 1. The maximum absolute atomic E-state index is 12.7. The fraction of sp³-hybridized carbons (Fsp3) is 0.450. The van der Waals surface area contributed by atoms with Gasteiger partial charge in [0.1, 0.15) is 5.75 Å². The Balaban J connectivity index is 1.86. The molecular formula is C20H23NO2. The zero-order valence-corrected chi connectivity index (χ0v) is 13.7. The third-order valence-corrected chi connectivity index (χ3v) is 5.33. The van der Waals surface area contributed by atoms with Gasteiger partial charge in [-0.1, -0.05) is 12.1 Å². The lowest BCUT2D eigenvalue weighted by Crippen LogP contribution is -2.33. The van der Waals surface area contributed by atoms with Gasteiger partial charge in [-0.05, 0) is 61.8 Å². The lowest BCUT2D eigenvalue weighted by atomic mass is 9.72. The molecule has 0 spiro atoms. The van der Waals surface area contributed by atoms with Gasteiger partial charge < -0.3 is 10.1 Å². The standard InChI is InChI=1S/C20H23NO2/c1-23-14-7-4-6-13(12-14)19-15-8-2-3-9-16(15)21-17-10-5-11-18(22)20(17)19/h4,6-7,12,19,21H,2-3,5,8-11H2,1H3. The highest BCUT2D eigenvalue weighted by atomic mass is 16.5. The molecule has 2 aliphatic carbocycles. The minimum Gasteiger partial charge on any atom is -0.497 e. The summed E-state index contributed by atoms with van der Waals surface area (Å²) < 4.78 is 5.41. The molecule has 1 atom stereocenters. The third-order valence-electron chi connectivity index (χ3n) is 5.33. The van der Waals surface area contributed by atoms with E-state index in [1.807, 2.05) is 12.1 Å². The van der Waals surface area contributed by atoms with Gasteiger partial charge in [0.25, 0.3) is 0 Å². The number of methoxy groups -OCH3 is 1. The van der Waals surface area contributed by atoms with Crippen LogP contribution in [0, 0.1) is 0 Å². The molecule has 1 aromatic carbocycles. The van der Waals surface area contributed by atoms with Crippen molar-refractivity contribution in [3.8, 4) is 5.75 Å². The number of carbonyl (C=O) groups excluding carboxylic acids is 1. The van der Waals surface area contributed by atoms with Crippen LogP contribution in [0.25, 0.3) is 0 Å². The first-order chi connectivity index (χ1) is 11.3. The van der Waals surface area contributed by atoms with Crippen molar-refractivity contribution < 1.29 is 9.53 Å². The second kappa shape index (κ2) is 5.88. The number of hydrogen-bond acceptors (Lipinski definition) is 3. The van der Waals surface area contributed by atoms with Gasteiger partial charge in [0.05, 0.1) is 7.11 Å². The number of ether oxygens (including phenoxy) is 1. The van der Waals surface area contributed by atoms with Crippen molar-refractivity contribution in [1.82, 2.24) is 5.32 Å². The van der Waals surface area contributed by atoms with E-state index >= 15 is 0 Å². The predicted molar refractivity (Wildman–Crippen MR) is 90.2 cm³/mol. The summed E-state index contributed by atoms with van der Waals surface area (Å²) in [5.41, 5.74) is 6.19. The van der Waals surface area contributed by atoms with Crippen LogP contribution in [0.3, 0.4) is 0 Å². The number of nitrogens with one attached hydrogen (secondary N) is 1. The van der Waals surface area contributed by atoms with Gasteiger partial charge in [0, 0.05) is 29.3 Å². The Hall–Kier alpha value is -2.03. The van der Waals surface area contributed by atoms with Crippen molar-refractivity contribution in [3.63, 3.8) is 0 Å². The average molecular weight is 309 g/mol. The number of dihydropyridines is 1. The van der Waals surface area contributed by atoms with Crippen molar-refractivity contribution in [1.29, 1.82) is 0 Å². The number of ketones is 1. The molecule has 0 saturated carbocycles. The smallest absolute Gasteiger partial charge is 0.161 e. The van der Waals surface area contributed by atoms with Crippen molar-refractivity contribution >= 4 is 5.78 Å². The summed E-state index contributed by atoms with van der Waals surface area (Å²) in [7, 11) is 1.70. The van der Waals surface area contributed by atoms with Gasteiger partial charge in [-0.25, -0.2) is 0 Å². The Labute approximate surface area is 137 Å². The third kappa shape index (κ3) is 2.48. The second-order valence-corrected chi connectivity index (χ2v) is 6.71. The van der Waals surface area contributed by atoms with Gasteiger partial charge in [-0.15, -0.1) is 0 Å². The molecule has 120 valence electrons. The fourth-order valence-corrected chi connectivity index (χ4v) is 4.26. The minimum absolute atomic E-state index is 0.129. The van der Waals surface area contributed by atoms with Crippen LogP contribution < -0.4 is 10.1 Å². The van der Waals surface area contributed by atoms with Crippen LogP contribution in [-0.2, 0) is 4.79 Å². The van der Waals surface area contributed by atoms with E-state index in [-0.39, 0.29) is 5.92 Å². The van der Waals surface area contributed by atoms with Gasteiger partial charge in [0.2, 0.25) is 0 Å². The van der Waals surface area contributed by atoms with E-state index in [1.165, 1.54) is 35.4 Å². The lowest BCUT2D eigenvalue weighted by Gasteiger charge is -2.38. The molecule has 1 unspecified atom stereocenters. The van der Waals surface area contributed by atoms with Crippen LogP contribution >= 0.6 is 0 Å². The molecule has 0 saturated heterocycles. The number of allylic oxidation sites excluding steroid dienone is 4. The van der Waals surface area contributed by atoms with Gasteiger partial charge in [-0.3, -0.25) is 4.79 Å². The van der Waals surface area contributed by atoms with Crippen molar-refractivity contribution in [2.24, 2.45) is 0 Å². The summed E-state index contributed by atoms with van der Waals surface area (Å²) in [6.45, 7) is 0. The summed E-state index contributed by atoms with van der Waals surface area (Å²) >= 11 is 0. The molecule has 1 aliphatic heterocycles. The first-order valence-electron chi connectivity index (χ1n) is 8.67. The maximum atomic E-state index is 12.7. The molecule has 0 radical (unpaired) electrons. The number of hydrogen-bond donors (Lipinski definition) is 1. The van der Waals surface area contributed by atoms with Crippen LogP contribution in [0.1, 0.15) is 56.4 Å². The predicted octanol–water partition coefficient (Wildman–Crippen LogP) is 4.22. The Kier molecular flexibility index (Phi) is 3.72. The molecule has 4 rings (SSSR count). The van der Waals surface area contributed by atoms with E-state index in [9.17, 15) is 4.79 Å². The van der Waals surface area contributed by atoms with Crippen LogP contribution in [0.4, 0.5) is 0 Å². The zero-order chi connectivity index (χ0) is 15.8. The van der Waals surface area contributed by atoms with Crippen LogP contribution in [0.5, 0.6) is 5.75 Å². The van der Waals surface area contributed by atoms with E-state index in [0.29, 0.717) is 12.2 Å². The normalized spacial score (nSPS) is 24.0. The molecule has 1 aromatic rings. The highest BCUT2D eigenvalue weighted by molar-refractivity contribution is 5.99. The monoisotopic (exact) mass is 309 g/mol. The number of carbonyl (C=O) groups is 1. The van der Waals surface area contributed by atoms with E-state index in [1.54, 1.807) is 7.11 Å². The summed E-state index contributed by atoms with van der Waals surface area (Å²) in [6.07, 6.45) is 7.32. The Morgan fingerprint density at radius 1 is 1.04 bits per heavy atom. The summed E-state index contributed by atoms with van der Waals surface area (Å²) in [5.74, 6) is 1.32. The molecule has 23 heavy (non-hydrogen) atoms. The largest absolute Gasteiger partial charge is 0.497 e. The first kappa shape index (κ1) is 14.6. The van der Waals surface area contributed by atoms with Gasteiger partial charge in [0.15, 0.2) is 5.78 Å². The van der Waals surface area contributed by atoms with Crippen molar-refractivity contribution in [2.75, 3.05) is 7.11 Å². The minimum atomic E-state index is 0.129. The summed E-state index contributed by atoms with van der Waals surface area (Å²) in [6, 6.07) is 8.25. The van der Waals surface area contributed by atoms with Gasteiger partial charge in [-0.2, -0.15) is 0 Å². The van der Waals surface area contributed by atoms with E-state index < -0.39 is 0 Å². The topological polar surface area (TPSA) is 38.3 Å². The first-order valence-corrected chi connectivity index (χ1v) is 8.67. The van der Waals surface area contributed by atoms with Crippen molar-refractivity contribution in [2.45, 2.75) is 50.9 Å².